The lowest BCUT2D eigenvalue weighted by atomic mass is 10.1. The first-order valence-electron chi connectivity index (χ1n) is 8.39. The van der Waals surface area contributed by atoms with Crippen molar-refractivity contribution in [3.63, 3.8) is 0 Å². The van der Waals surface area contributed by atoms with Crippen molar-refractivity contribution in [3.8, 4) is 0 Å². The van der Waals surface area contributed by atoms with Crippen LogP contribution in [0.5, 0.6) is 0 Å². The van der Waals surface area contributed by atoms with Crippen LogP contribution in [0.3, 0.4) is 0 Å². The van der Waals surface area contributed by atoms with E-state index in [4.69, 9.17) is 11.6 Å². The Bertz CT molecular complexity index is 406. The van der Waals surface area contributed by atoms with Crippen molar-refractivity contribution in [3.05, 3.63) is 28.8 Å². The van der Waals surface area contributed by atoms with Crippen LogP contribution in [0.1, 0.15) is 58.9 Å². The molecule has 1 aromatic carbocycles. The molecule has 0 saturated carbocycles. The summed E-state index contributed by atoms with van der Waals surface area (Å²) in [5, 5.41) is 4.30. The summed E-state index contributed by atoms with van der Waals surface area (Å²) >= 11 is 6.55. The molecule has 21 heavy (non-hydrogen) atoms. The highest BCUT2D eigenvalue weighted by Crippen LogP contribution is 2.29. The summed E-state index contributed by atoms with van der Waals surface area (Å²) in [4.78, 5) is 2.45. The third-order valence-corrected chi connectivity index (χ3v) is 4.26. The molecule has 1 aromatic rings. The van der Waals surface area contributed by atoms with E-state index in [1.54, 1.807) is 0 Å². The van der Waals surface area contributed by atoms with Gasteiger partial charge in [0, 0.05) is 19.1 Å². The summed E-state index contributed by atoms with van der Waals surface area (Å²) in [5.41, 5.74) is 2.44. The Morgan fingerprint density at radius 1 is 1.19 bits per heavy atom. The molecule has 0 aliphatic heterocycles. The van der Waals surface area contributed by atoms with Crippen molar-refractivity contribution in [2.75, 3.05) is 18.0 Å². The molecule has 0 heterocycles. The fourth-order valence-electron chi connectivity index (χ4n) is 2.43. The number of benzene rings is 1. The van der Waals surface area contributed by atoms with Crippen LogP contribution in [0.15, 0.2) is 18.2 Å². The van der Waals surface area contributed by atoms with Crippen LogP contribution in [0, 0.1) is 0 Å². The predicted octanol–water partition coefficient (Wildman–Crippen LogP) is 5.24. The Kier molecular flexibility index (Phi) is 8.79. The van der Waals surface area contributed by atoms with Crippen molar-refractivity contribution in [2.45, 2.75) is 66.0 Å². The van der Waals surface area contributed by atoms with Gasteiger partial charge in [-0.1, -0.05) is 44.9 Å². The molecule has 3 heteroatoms. The lowest BCUT2D eigenvalue weighted by molar-refractivity contribution is 0.595. The number of nitrogens with zero attached hydrogens (tertiary/aromatic N) is 1. The molecule has 1 N–H and O–H groups in total. The number of anilines is 1. The predicted molar refractivity (Wildman–Crippen MR) is 95.5 cm³/mol. The fraction of sp³-hybridized carbons (Fsp3) is 0.667. The second-order valence-corrected chi connectivity index (χ2v) is 6.17. The summed E-state index contributed by atoms with van der Waals surface area (Å²) < 4.78 is 0. The second kappa shape index (κ2) is 10.1. The number of rotatable bonds is 10. The van der Waals surface area contributed by atoms with Gasteiger partial charge in [-0.15, -0.1) is 0 Å². The minimum Gasteiger partial charge on any atom is -0.368 e. The first-order valence-corrected chi connectivity index (χ1v) is 8.77. The van der Waals surface area contributed by atoms with Gasteiger partial charge in [0.2, 0.25) is 0 Å². The van der Waals surface area contributed by atoms with E-state index in [-0.39, 0.29) is 0 Å². The second-order valence-electron chi connectivity index (χ2n) is 5.77. The van der Waals surface area contributed by atoms with Gasteiger partial charge < -0.3 is 10.2 Å². The van der Waals surface area contributed by atoms with Crippen molar-refractivity contribution < 1.29 is 0 Å². The van der Waals surface area contributed by atoms with E-state index in [0.29, 0.717) is 6.04 Å². The first-order chi connectivity index (χ1) is 10.1. The van der Waals surface area contributed by atoms with Gasteiger partial charge in [-0.2, -0.15) is 0 Å². The molecule has 0 aromatic heterocycles. The molecule has 1 atom stereocenters. The van der Waals surface area contributed by atoms with Gasteiger partial charge >= 0.3 is 0 Å². The molecular weight excluding hydrogens is 280 g/mol. The third kappa shape index (κ3) is 5.88. The van der Waals surface area contributed by atoms with Gasteiger partial charge in [-0.3, -0.25) is 0 Å². The summed E-state index contributed by atoms with van der Waals surface area (Å²) in [5.74, 6) is 0. The van der Waals surface area contributed by atoms with Crippen molar-refractivity contribution >= 4 is 17.3 Å². The van der Waals surface area contributed by atoms with E-state index < -0.39 is 0 Å². The van der Waals surface area contributed by atoms with Gasteiger partial charge in [0.15, 0.2) is 0 Å². The number of hydrogen-bond acceptors (Lipinski definition) is 2. The normalized spacial score (nSPS) is 12.4. The maximum Gasteiger partial charge on any atom is 0.0642 e. The fourth-order valence-corrected chi connectivity index (χ4v) is 2.74. The van der Waals surface area contributed by atoms with E-state index in [1.807, 2.05) is 0 Å². The van der Waals surface area contributed by atoms with E-state index >= 15 is 0 Å². The molecule has 0 saturated heterocycles. The van der Waals surface area contributed by atoms with Gasteiger partial charge in [0.25, 0.3) is 0 Å². The number of hydrogen-bond donors (Lipinski definition) is 1. The Labute approximate surface area is 135 Å². The van der Waals surface area contributed by atoms with Crippen molar-refractivity contribution in [1.82, 2.24) is 5.32 Å². The highest BCUT2D eigenvalue weighted by atomic mass is 35.5. The zero-order valence-electron chi connectivity index (χ0n) is 14.1. The average molecular weight is 311 g/mol. The quantitative estimate of drug-likeness (QED) is 0.594. The topological polar surface area (TPSA) is 15.3 Å². The molecular formula is C18H31ClN2. The van der Waals surface area contributed by atoms with Crippen LogP contribution in [0.4, 0.5) is 5.69 Å². The first kappa shape index (κ1) is 18.3. The van der Waals surface area contributed by atoms with E-state index in [9.17, 15) is 0 Å². The summed E-state index contributed by atoms with van der Waals surface area (Å²) in [6, 6.07) is 7.03. The van der Waals surface area contributed by atoms with Crippen molar-refractivity contribution in [1.29, 1.82) is 0 Å². The van der Waals surface area contributed by atoms with E-state index in [1.165, 1.54) is 24.1 Å². The third-order valence-electron chi connectivity index (χ3n) is 3.95. The summed E-state index contributed by atoms with van der Waals surface area (Å²) in [6.07, 6.45) is 4.72. The molecule has 0 aliphatic rings. The summed E-state index contributed by atoms with van der Waals surface area (Å²) in [6.45, 7) is 12.0. The molecule has 0 bridgehead atoms. The lowest BCUT2D eigenvalue weighted by Gasteiger charge is -2.31. The Hall–Kier alpha value is -0.730. The molecule has 0 aliphatic carbocycles. The lowest BCUT2D eigenvalue weighted by Crippen LogP contribution is -2.33. The van der Waals surface area contributed by atoms with Crippen LogP contribution >= 0.6 is 11.6 Å². The Morgan fingerprint density at radius 2 is 1.95 bits per heavy atom. The Balaban J connectivity index is 2.83. The van der Waals surface area contributed by atoms with E-state index in [2.05, 4.69) is 56.1 Å². The van der Waals surface area contributed by atoms with Gasteiger partial charge in [-0.05, 0) is 50.4 Å². The van der Waals surface area contributed by atoms with Gasteiger partial charge in [0.1, 0.15) is 0 Å². The summed E-state index contributed by atoms with van der Waals surface area (Å²) in [7, 11) is 0. The zero-order chi connectivity index (χ0) is 15.7. The number of unbranched alkanes of at least 4 members (excludes halogenated alkanes) is 1. The molecule has 0 amide bonds. The number of halogens is 1. The van der Waals surface area contributed by atoms with Crippen LogP contribution < -0.4 is 10.2 Å². The largest absolute Gasteiger partial charge is 0.368 e. The standard InChI is InChI=1S/C18H31ClN2/c1-5-8-12-21(15(4)7-3)18-10-9-16(13-17(18)19)14-20-11-6-2/h9-10,13,15,20H,5-8,11-12,14H2,1-4H3. The smallest absolute Gasteiger partial charge is 0.0642 e. The Morgan fingerprint density at radius 3 is 2.52 bits per heavy atom. The van der Waals surface area contributed by atoms with E-state index in [0.717, 1.165) is 37.5 Å². The van der Waals surface area contributed by atoms with Crippen LogP contribution in [-0.4, -0.2) is 19.1 Å². The maximum absolute atomic E-state index is 6.55. The minimum absolute atomic E-state index is 0.526. The maximum atomic E-state index is 6.55. The SMILES string of the molecule is CCCCN(c1ccc(CNCCC)cc1Cl)C(C)CC. The van der Waals surface area contributed by atoms with Crippen LogP contribution in [-0.2, 0) is 6.54 Å². The molecule has 120 valence electrons. The molecule has 1 rings (SSSR count). The van der Waals surface area contributed by atoms with Crippen molar-refractivity contribution in [2.24, 2.45) is 0 Å². The molecule has 0 fully saturated rings. The highest BCUT2D eigenvalue weighted by molar-refractivity contribution is 6.33. The van der Waals surface area contributed by atoms with Gasteiger partial charge in [0.05, 0.1) is 10.7 Å². The minimum atomic E-state index is 0.526. The van der Waals surface area contributed by atoms with Crippen LogP contribution in [0.25, 0.3) is 0 Å². The zero-order valence-corrected chi connectivity index (χ0v) is 14.8. The molecule has 0 spiro atoms. The van der Waals surface area contributed by atoms with Gasteiger partial charge in [-0.25, -0.2) is 0 Å². The highest BCUT2D eigenvalue weighted by Gasteiger charge is 2.15. The monoisotopic (exact) mass is 310 g/mol. The molecule has 2 nitrogen and oxygen atoms in total. The average Bonchev–Trinajstić information content (AvgIpc) is 2.49. The number of nitrogens with one attached hydrogen (secondary N) is 1. The molecule has 1 unspecified atom stereocenters. The van der Waals surface area contributed by atoms with Crippen LogP contribution in [0.2, 0.25) is 5.02 Å². The molecule has 0 radical (unpaired) electrons.